The lowest BCUT2D eigenvalue weighted by molar-refractivity contribution is 0.654. The molecule has 0 aliphatic rings. The van der Waals surface area contributed by atoms with Crippen LogP contribution in [-0.2, 0) is 20.1 Å². The maximum atomic E-state index is 4.18. The highest BCUT2D eigenvalue weighted by Crippen LogP contribution is 2.21. The summed E-state index contributed by atoms with van der Waals surface area (Å²) in [6, 6.07) is 4.16. The number of nitrogens with one attached hydrogen (secondary N) is 1. The summed E-state index contributed by atoms with van der Waals surface area (Å²) in [5.74, 6) is 0.827. The van der Waals surface area contributed by atoms with Gasteiger partial charge >= 0.3 is 0 Å². The summed E-state index contributed by atoms with van der Waals surface area (Å²) in [5, 5.41) is 7.48. The number of aryl methyl sites for hydroxylation is 1. The third-order valence-corrected chi connectivity index (χ3v) is 3.48. The highest BCUT2D eigenvalue weighted by Gasteiger charge is 2.00. The molecular formula is C9H11BrN4S. The smallest absolute Gasteiger partial charge is 0.164 e. The first-order valence-corrected chi connectivity index (χ1v) is 6.14. The van der Waals surface area contributed by atoms with E-state index < -0.39 is 0 Å². The largest absolute Gasteiger partial charge is 0.305 e. The molecule has 0 fully saturated rings. The molecule has 15 heavy (non-hydrogen) atoms. The average Bonchev–Trinajstić information content (AvgIpc) is 2.76. The van der Waals surface area contributed by atoms with Crippen molar-refractivity contribution >= 4 is 27.3 Å². The molecule has 2 aromatic rings. The molecule has 2 aromatic heterocycles. The minimum Gasteiger partial charge on any atom is -0.305 e. The van der Waals surface area contributed by atoms with Crippen LogP contribution < -0.4 is 5.32 Å². The Morgan fingerprint density at radius 3 is 2.93 bits per heavy atom. The van der Waals surface area contributed by atoms with Gasteiger partial charge in [-0.2, -0.15) is 5.10 Å². The lowest BCUT2D eigenvalue weighted by Crippen LogP contribution is -2.13. The van der Waals surface area contributed by atoms with Gasteiger partial charge in [0.1, 0.15) is 6.33 Å². The average molecular weight is 287 g/mol. The molecule has 0 aromatic carbocycles. The normalized spacial score (nSPS) is 10.8. The predicted molar refractivity (Wildman–Crippen MR) is 63.6 cm³/mol. The molecule has 0 spiro atoms. The number of thiophene rings is 1. The first kappa shape index (κ1) is 10.8. The Bertz CT molecular complexity index is 397. The highest BCUT2D eigenvalue weighted by molar-refractivity contribution is 9.11. The first-order valence-electron chi connectivity index (χ1n) is 4.53. The second-order valence-corrected chi connectivity index (χ2v) is 5.69. The Morgan fingerprint density at radius 2 is 2.33 bits per heavy atom. The fraction of sp³-hybridized carbons (Fsp3) is 0.333. The Labute approximate surface area is 100 Å². The van der Waals surface area contributed by atoms with E-state index in [4.69, 9.17) is 0 Å². The van der Waals surface area contributed by atoms with E-state index in [1.165, 1.54) is 4.88 Å². The zero-order valence-corrected chi connectivity index (χ0v) is 10.7. The second kappa shape index (κ2) is 4.87. The van der Waals surface area contributed by atoms with E-state index >= 15 is 0 Å². The SMILES string of the molecule is Cn1cnc(CNCc2ccc(Br)s2)n1. The van der Waals surface area contributed by atoms with E-state index in [-0.39, 0.29) is 0 Å². The Hall–Kier alpha value is -0.720. The number of aromatic nitrogens is 3. The van der Waals surface area contributed by atoms with Gasteiger partial charge in [-0.05, 0) is 28.1 Å². The lowest BCUT2D eigenvalue weighted by atomic mass is 10.4. The molecule has 0 atom stereocenters. The summed E-state index contributed by atoms with van der Waals surface area (Å²) >= 11 is 5.17. The predicted octanol–water partition coefficient (Wildman–Crippen LogP) is 1.93. The fourth-order valence-corrected chi connectivity index (χ4v) is 2.66. The van der Waals surface area contributed by atoms with Crippen molar-refractivity contribution in [1.82, 2.24) is 20.1 Å². The van der Waals surface area contributed by atoms with Crippen molar-refractivity contribution in [3.63, 3.8) is 0 Å². The van der Waals surface area contributed by atoms with Gasteiger partial charge in [-0.3, -0.25) is 4.68 Å². The molecule has 6 heteroatoms. The highest BCUT2D eigenvalue weighted by atomic mass is 79.9. The molecule has 2 heterocycles. The fourth-order valence-electron chi connectivity index (χ4n) is 1.21. The van der Waals surface area contributed by atoms with Gasteiger partial charge in [0.05, 0.1) is 10.3 Å². The van der Waals surface area contributed by atoms with Gasteiger partial charge in [0.15, 0.2) is 5.82 Å². The van der Waals surface area contributed by atoms with Gasteiger partial charge in [0.2, 0.25) is 0 Å². The van der Waals surface area contributed by atoms with Crippen LogP contribution in [0.2, 0.25) is 0 Å². The zero-order chi connectivity index (χ0) is 10.7. The number of rotatable bonds is 4. The van der Waals surface area contributed by atoms with Gasteiger partial charge in [0.25, 0.3) is 0 Å². The standard InChI is InChI=1S/C9H11BrN4S/c1-14-6-12-9(13-14)5-11-4-7-2-3-8(10)15-7/h2-3,6,11H,4-5H2,1H3. The van der Waals surface area contributed by atoms with E-state index in [1.807, 2.05) is 7.05 Å². The monoisotopic (exact) mass is 286 g/mol. The van der Waals surface area contributed by atoms with Crippen molar-refractivity contribution in [2.75, 3.05) is 0 Å². The van der Waals surface area contributed by atoms with Crippen LogP contribution in [0.5, 0.6) is 0 Å². The van der Waals surface area contributed by atoms with Crippen LogP contribution in [-0.4, -0.2) is 14.8 Å². The summed E-state index contributed by atoms with van der Waals surface area (Å²) in [7, 11) is 1.87. The second-order valence-electron chi connectivity index (χ2n) is 3.14. The maximum Gasteiger partial charge on any atom is 0.164 e. The third kappa shape index (κ3) is 3.12. The van der Waals surface area contributed by atoms with Gasteiger partial charge in [-0.15, -0.1) is 11.3 Å². The minimum atomic E-state index is 0.705. The summed E-state index contributed by atoms with van der Waals surface area (Å²) in [5.41, 5.74) is 0. The van der Waals surface area contributed by atoms with Crippen LogP contribution >= 0.6 is 27.3 Å². The molecule has 0 saturated carbocycles. The number of hydrogen-bond acceptors (Lipinski definition) is 4. The molecular weight excluding hydrogens is 276 g/mol. The molecule has 0 unspecified atom stereocenters. The van der Waals surface area contributed by atoms with Crippen molar-refractivity contribution in [3.05, 3.63) is 32.9 Å². The molecule has 0 bridgehead atoms. The van der Waals surface area contributed by atoms with Crippen molar-refractivity contribution in [3.8, 4) is 0 Å². The number of nitrogens with zero attached hydrogens (tertiary/aromatic N) is 3. The first-order chi connectivity index (χ1) is 7.24. The van der Waals surface area contributed by atoms with Crippen molar-refractivity contribution in [2.24, 2.45) is 7.05 Å². The molecule has 0 aliphatic heterocycles. The molecule has 0 radical (unpaired) electrons. The van der Waals surface area contributed by atoms with Gasteiger partial charge in [-0.1, -0.05) is 0 Å². The van der Waals surface area contributed by atoms with E-state index in [1.54, 1.807) is 22.3 Å². The Balaban J connectivity index is 1.80. The lowest BCUT2D eigenvalue weighted by Gasteiger charge is -1.98. The van der Waals surface area contributed by atoms with Crippen LogP contribution in [0.25, 0.3) is 0 Å². The molecule has 0 aliphatic carbocycles. The summed E-state index contributed by atoms with van der Waals surface area (Å²) < 4.78 is 2.87. The maximum absolute atomic E-state index is 4.18. The van der Waals surface area contributed by atoms with E-state index in [0.717, 1.165) is 16.2 Å². The molecule has 1 N–H and O–H groups in total. The van der Waals surface area contributed by atoms with Crippen molar-refractivity contribution in [2.45, 2.75) is 13.1 Å². The van der Waals surface area contributed by atoms with Gasteiger partial charge in [0, 0.05) is 18.5 Å². The van der Waals surface area contributed by atoms with Crippen LogP contribution in [0.4, 0.5) is 0 Å². The van der Waals surface area contributed by atoms with E-state index in [2.05, 4.69) is 43.5 Å². The summed E-state index contributed by atoms with van der Waals surface area (Å²) in [6.45, 7) is 1.56. The molecule has 0 amide bonds. The molecule has 80 valence electrons. The van der Waals surface area contributed by atoms with Crippen LogP contribution in [0, 0.1) is 0 Å². The van der Waals surface area contributed by atoms with Crippen LogP contribution in [0.15, 0.2) is 22.2 Å². The Kier molecular flexibility index (Phi) is 3.50. The van der Waals surface area contributed by atoms with Gasteiger partial charge in [-0.25, -0.2) is 4.98 Å². The summed E-state index contributed by atoms with van der Waals surface area (Å²) in [6.07, 6.45) is 1.71. The quantitative estimate of drug-likeness (QED) is 0.934. The minimum absolute atomic E-state index is 0.705. The third-order valence-electron chi connectivity index (χ3n) is 1.86. The molecule has 4 nitrogen and oxygen atoms in total. The number of hydrogen-bond donors (Lipinski definition) is 1. The molecule has 2 rings (SSSR count). The van der Waals surface area contributed by atoms with Crippen LogP contribution in [0.3, 0.4) is 0 Å². The van der Waals surface area contributed by atoms with E-state index in [9.17, 15) is 0 Å². The Morgan fingerprint density at radius 1 is 1.47 bits per heavy atom. The van der Waals surface area contributed by atoms with Crippen molar-refractivity contribution in [1.29, 1.82) is 0 Å². The summed E-state index contributed by atoms with van der Waals surface area (Å²) in [4.78, 5) is 5.44. The van der Waals surface area contributed by atoms with E-state index in [0.29, 0.717) is 6.54 Å². The number of halogens is 1. The van der Waals surface area contributed by atoms with Crippen LogP contribution in [0.1, 0.15) is 10.7 Å². The molecule has 0 saturated heterocycles. The zero-order valence-electron chi connectivity index (χ0n) is 8.27. The topological polar surface area (TPSA) is 42.7 Å². The van der Waals surface area contributed by atoms with Gasteiger partial charge < -0.3 is 5.32 Å². The van der Waals surface area contributed by atoms with Crippen molar-refractivity contribution < 1.29 is 0 Å².